The molecule has 1 fully saturated rings. The van der Waals surface area contributed by atoms with Crippen molar-refractivity contribution in [2.24, 2.45) is 0 Å². The first-order chi connectivity index (χ1) is 20.0. The molecule has 12 nitrogen and oxygen atoms in total. The quantitative estimate of drug-likeness (QED) is 0.331. The molecule has 1 saturated heterocycles. The highest BCUT2D eigenvalue weighted by molar-refractivity contribution is 6.00. The highest BCUT2D eigenvalue weighted by atomic mass is 16.4. The molecule has 0 bridgehead atoms. The summed E-state index contributed by atoms with van der Waals surface area (Å²) in [6, 6.07) is 18.0. The van der Waals surface area contributed by atoms with Gasteiger partial charge in [0.1, 0.15) is 5.39 Å². The maximum atomic E-state index is 13.8. The summed E-state index contributed by atoms with van der Waals surface area (Å²) in [5, 5.41) is 13.6. The largest absolute Gasteiger partial charge is 0.478 e. The fraction of sp³-hybridized carbons (Fsp3) is 0.172. The van der Waals surface area contributed by atoms with Crippen LogP contribution in [0.25, 0.3) is 33.4 Å². The SMILES string of the molecule is CN1CCN(c2ccc(Nc3ncc4c(=O)n5c(nc4n3)c3ccc(C(=O)O)cc3n5-c3ccccn3)cc2)CC1. The predicted octanol–water partition coefficient (Wildman–Crippen LogP) is 3.17. The molecule has 1 aliphatic heterocycles. The van der Waals surface area contributed by atoms with Crippen LogP contribution in [0.15, 0.2) is 77.9 Å². The fourth-order valence-electron chi connectivity index (χ4n) is 5.18. The van der Waals surface area contributed by atoms with Gasteiger partial charge in [-0.05, 0) is 61.6 Å². The Balaban J connectivity index is 1.30. The number of aromatic carboxylic acids is 1. The lowest BCUT2D eigenvalue weighted by atomic mass is 10.1. The summed E-state index contributed by atoms with van der Waals surface area (Å²) in [6.07, 6.45) is 3.06. The van der Waals surface area contributed by atoms with Crippen molar-refractivity contribution in [3.63, 3.8) is 0 Å². The van der Waals surface area contributed by atoms with Gasteiger partial charge in [-0.1, -0.05) is 6.07 Å². The van der Waals surface area contributed by atoms with E-state index in [1.807, 2.05) is 12.1 Å². The van der Waals surface area contributed by atoms with Gasteiger partial charge in [-0.2, -0.15) is 9.50 Å². The maximum absolute atomic E-state index is 13.8. The van der Waals surface area contributed by atoms with Crippen molar-refractivity contribution in [1.29, 1.82) is 0 Å². The van der Waals surface area contributed by atoms with Crippen LogP contribution in [0, 0.1) is 0 Å². The molecule has 0 saturated carbocycles. The Morgan fingerprint density at radius 1 is 0.927 bits per heavy atom. The second-order valence-corrected chi connectivity index (χ2v) is 9.98. The molecule has 0 aliphatic carbocycles. The number of rotatable bonds is 5. The minimum absolute atomic E-state index is 0.0833. The van der Waals surface area contributed by atoms with Crippen molar-refractivity contribution < 1.29 is 9.90 Å². The van der Waals surface area contributed by atoms with Gasteiger partial charge in [0, 0.05) is 55.3 Å². The van der Waals surface area contributed by atoms with E-state index in [9.17, 15) is 14.7 Å². The van der Waals surface area contributed by atoms with Crippen molar-refractivity contribution in [2.75, 3.05) is 43.4 Å². The molecule has 0 spiro atoms. The van der Waals surface area contributed by atoms with Gasteiger partial charge >= 0.3 is 5.97 Å². The topological polar surface area (TPSA) is 134 Å². The number of aromatic nitrogens is 6. The number of likely N-dealkylation sites (N-methyl/N-ethyl adjacent to an activating group) is 1. The zero-order chi connectivity index (χ0) is 28.1. The number of fused-ring (bicyclic) bond motifs is 4. The molecule has 2 aromatic carbocycles. The lowest BCUT2D eigenvalue weighted by Crippen LogP contribution is -2.44. The molecular formula is C29H25N9O3. The van der Waals surface area contributed by atoms with E-state index in [1.165, 1.54) is 22.8 Å². The molecule has 1 aliphatic rings. The van der Waals surface area contributed by atoms with Crippen LogP contribution in [0.5, 0.6) is 0 Å². The van der Waals surface area contributed by atoms with Crippen LogP contribution < -0.4 is 15.8 Å². The minimum atomic E-state index is -1.08. The Bertz CT molecular complexity index is 1990. The average molecular weight is 548 g/mol. The molecule has 204 valence electrons. The van der Waals surface area contributed by atoms with Gasteiger partial charge in [0.15, 0.2) is 17.1 Å². The third-order valence-corrected chi connectivity index (χ3v) is 7.38. The van der Waals surface area contributed by atoms with Gasteiger partial charge in [0.05, 0.1) is 11.1 Å². The molecular weight excluding hydrogens is 522 g/mol. The Labute approximate surface area is 233 Å². The van der Waals surface area contributed by atoms with E-state index in [0.717, 1.165) is 37.6 Å². The monoisotopic (exact) mass is 547 g/mol. The number of piperazine rings is 1. The Morgan fingerprint density at radius 2 is 1.73 bits per heavy atom. The first-order valence-corrected chi connectivity index (χ1v) is 13.2. The molecule has 4 aromatic heterocycles. The molecule has 0 atom stereocenters. The summed E-state index contributed by atoms with van der Waals surface area (Å²) < 4.78 is 2.95. The van der Waals surface area contributed by atoms with Crippen LogP contribution in [-0.2, 0) is 0 Å². The van der Waals surface area contributed by atoms with Gasteiger partial charge < -0.3 is 20.2 Å². The van der Waals surface area contributed by atoms with Gasteiger partial charge in [0.25, 0.3) is 5.56 Å². The number of benzene rings is 2. The van der Waals surface area contributed by atoms with Gasteiger partial charge in [-0.25, -0.2) is 24.4 Å². The Morgan fingerprint density at radius 3 is 2.46 bits per heavy atom. The Hall–Kier alpha value is -5.36. The second-order valence-electron chi connectivity index (χ2n) is 9.98. The highest BCUT2D eigenvalue weighted by Gasteiger charge is 2.20. The van der Waals surface area contributed by atoms with E-state index in [0.29, 0.717) is 28.3 Å². The lowest BCUT2D eigenvalue weighted by molar-refractivity contribution is 0.0697. The lowest BCUT2D eigenvalue weighted by Gasteiger charge is -2.34. The van der Waals surface area contributed by atoms with Gasteiger partial charge in [-0.3, -0.25) is 4.79 Å². The van der Waals surface area contributed by atoms with E-state index in [2.05, 4.69) is 49.2 Å². The second kappa shape index (κ2) is 9.68. The summed E-state index contributed by atoms with van der Waals surface area (Å²) in [5.41, 5.74) is 2.70. The van der Waals surface area contributed by atoms with Crippen molar-refractivity contribution >= 4 is 50.9 Å². The predicted molar refractivity (Wildman–Crippen MR) is 156 cm³/mol. The normalized spacial score (nSPS) is 14.2. The number of hydrogen-bond donors (Lipinski definition) is 2. The van der Waals surface area contributed by atoms with Crippen LogP contribution >= 0.6 is 0 Å². The van der Waals surface area contributed by atoms with Crippen LogP contribution in [0.1, 0.15) is 10.4 Å². The molecule has 41 heavy (non-hydrogen) atoms. The van der Waals surface area contributed by atoms with E-state index in [4.69, 9.17) is 4.98 Å². The standard InChI is InChI=1S/C29H25N9O3/c1-35-12-14-36(15-13-35)20-8-6-19(7-9-20)32-29-31-17-22-25(34-29)33-26-21-10-5-18(28(40)41)16-23(21)37(38(26)27(22)39)24-4-2-3-11-30-24/h2-11,16-17H,12-15H2,1H3,(H,40,41)(H,31,32,34). The van der Waals surface area contributed by atoms with Crippen LogP contribution in [0.3, 0.4) is 0 Å². The smallest absolute Gasteiger partial charge is 0.335 e. The van der Waals surface area contributed by atoms with E-state index < -0.39 is 11.5 Å². The van der Waals surface area contributed by atoms with Crippen molar-refractivity contribution in [3.8, 4) is 5.82 Å². The summed E-state index contributed by atoms with van der Waals surface area (Å²) in [4.78, 5) is 48.3. The molecule has 2 N–H and O–H groups in total. The summed E-state index contributed by atoms with van der Waals surface area (Å²) in [7, 11) is 2.13. The fourth-order valence-corrected chi connectivity index (χ4v) is 5.18. The van der Waals surface area contributed by atoms with Crippen molar-refractivity contribution in [2.45, 2.75) is 0 Å². The molecule has 0 radical (unpaired) electrons. The van der Waals surface area contributed by atoms with Crippen molar-refractivity contribution in [3.05, 3.63) is 89.0 Å². The summed E-state index contributed by atoms with van der Waals surface area (Å²) >= 11 is 0. The third-order valence-electron chi connectivity index (χ3n) is 7.38. The summed E-state index contributed by atoms with van der Waals surface area (Å²) in [6.45, 7) is 4.04. The molecule has 5 heterocycles. The van der Waals surface area contributed by atoms with Crippen LogP contribution in [0.2, 0.25) is 0 Å². The number of nitrogens with one attached hydrogen (secondary N) is 1. The number of carboxylic acid groups (broad SMARTS) is 1. The molecule has 6 aromatic rings. The van der Waals surface area contributed by atoms with Crippen LogP contribution in [0.4, 0.5) is 17.3 Å². The number of anilines is 3. The molecule has 12 heteroatoms. The van der Waals surface area contributed by atoms with E-state index in [-0.39, 0.29) is 16.6 Å². The Kier molecular flexibility index (Phi) is 5.82. The van der Waals surface area contributed by atoms with Crippen LogP contribution in [-0.4, -0.2) is 78.3 Å². The van der Waals surface area contributed by atoms with E-state index in [1.54, 1.807) is 35.1 Å². The van der Waals surface area contributed by atoms with Gasteiger partial charge in [-0.15, -0.1) is 0 Å². The number of hydrogen-bond acceptors (Lipinski definition) is 9. The zero-order valence-corrected chi connectivity index (χ0v) is 22.1. The van der Waals surface area contributed by atoms with Crippen molar-refractivity contribution in [1.82, 2.24) is 34.0 Å². The number of carboxylic acids is 1. The maximum Gasteiger partial charge on any atom is 0.335 e. The average Bonchev–Trinajstić information content (AvgIpc) is 3.32. The number of nitrogens with zero attached hydrogens (tertiary/aromatic N) is 8. The summed E-state index contributed by atoms with van der Waals surface area (Å²) in [5.74, 6) is -0.325. The highest BCUT2D eigenvalue weighted by Crippen LogP contribution is 2.26. The molecule has 0 amide bonds. The third kappa shape index (κ3) is 4.30. The molecule has 7 rings (SSSR count). The zero-order valence-electron chi connectivity index (χ0n) is 22.1. The first kappa shape index (κ1) is 24.7. The molecule has 0 unspecified atom stereocenters. The minimum Gasteiger partial charge on any atom is -0.478 e. The van der Waals surface area contributed by atoms with Gasteiger partial charge in [0.2, 0.25) is 5.95 Å². The number of pyridine rings is 1. The number of carbonyl (C=O) groups is 1. The van der Waals surface area contributed by atoms with E-state index >= 15 is 0 Å². The first-order valence-electron chi connectivity index (χ1n) is 13.2.